The number of hydrogen-bond acceptors (Lipinski definition) is 2. The molecule has 1 saturated carbocycles. The number of ether oxygens (including phenoxy) is 1. The van der Waals surface area contributed by atoms with Crippen molar-refractivity contribution in [2.45, 2.75) is 45.6 Å². The second-order valence-electron chi connectivity index (χ2n) is 4.76. The summed E-state index contributed by atoms with van der Waals surface area (Å²) in [5.74, 6) is -0.781. The smallest absolute Gasteiger partial charge is 0.309 e. The van der Waals surface area contributed by atoms with E-state index in [4.69, 9.17) is 4.74 Å². The number of halogens is 2. The molecule has 0 aromatic heterocycles. The summed E-state index contributed by atoms with van der Waals surface area (Å²) < 4.78 is 29.0. The van der Waals surface area contributed by atoms with Crippen molar-refractivity contribution < 1.29 is 18.3 Å². The van der Waals surface area contributed by atoms with Gasteiger partial charge in [0.1, 0.15) is 5.60 Å². The first-order chi connectivity index (χ1) is 6.29. The minimum Gasteiger partial charge on any atom is -0.460 e. The quantitative estimate of drug-likeness (QED) is 0.663. The van der Waals surface area contributed by atoms with Gasteiger partial charge in [-0.25, -0.2) is 8.78 Å². The summed E-state index contributed by atoms with van der Waals surface area (Å²) in [6.07, 6.45) is -1.93. The molecule has 1 fully saturated rings. The van der Waals surface area contributed by atoms with Crippen LogP contribution in [0.2, 0.25) is 0 Å². The van der Waals surface area contributed by atoms with E-state index in [-0.39, 0.29) is 24.2 Å². The predicted octanol–water partition coefficient (Wildman–Crippen LogP) is 2.62. The predicted molar refractivity (Wildman–Crippen MR) is 48.1 cm³/mol. The van der Waals surface area contributed by atoms with Crippen LogP contribution in [0.3, 0.4) is 0 Å². The largest absolute Gasteiger partial charge is 0.460 e. The molecule has 0 saturated heterocycles. The van der Waals surface area contributed by atoms with Gasteiger partial charge in [0, 0.05) is 6.42 Å². The van der Waals surface area contributed by atoms with Gasteiger partial charge in [-0.05, 0) is 33.1 Å². The fraction of sp³-hybridized carbons (Fsp3) is 0.900. The van der Waals surface area contributed by atoms with E-state index in [0.717, 1.165) is 0 Å². The zero-order valence-corrected chi connectivity index (χ0v) is 8.72. The fourth-order valence-corrected chi connectivity index (χ4v) is 1.40. The van der Waals surface area contributed by atoms with Gasteiger partial charge >= 0.3 is 5.97 Å². The van der Waals surface area contributed by atoms with Crippen molar-refractivity contribution in [1.82, 2.24) is 0 Å². The summed E-state index contributed by atoms with van der Waals surface area (Å²) in [6, 6.07) is 0. The Hall–Kier alpha value is -0.670. The van der Waals surface area contributed by atoms with Gasteiger partial charge in [0.2, 0.25) is 6.43 Å². The number of rotatable bonds is 3. The van der Waals surface area contributed by atoms with Crippen molar-refractivity contribution in [3.63, 3.8) is 0 Å². The van der Waals surface area contributed by atoms with Crippen molar-refractivity contribution in [2.24, 2.45) is 11.8 Å². The van der Waals surface area contributed by atoms with E-state index >= 15 is 0 Å². The summed E-state index contributed by atoms with van der Waals surface area (Å²) in [7, 11) is 0. The van der Waals surface area contributed by atoms with Gasteiger partial charge < -0.3 is 4.74 Å². The molecule has 0 aromatic carbocycles. The molecule has 0 spiro atoms. The lowest BCUT2D eigenvalue weighted by Crippen LogP contribution is -2.25. The Balaban J connectivity index is 2.29. The zero-order valence-electron chi connectivity index (χ0n) is 8.72. The maximum atomic E-state index is 11.9. The van der Waals surface area contributed by atoms with Crippen LogP contribution in [-0.4, -0.2) is 18.0 Å². The molecule has 2 atom stereocenters. The molecule has 82 valence electrons. The summed E-state index contributed by atoms with van der Waals surface area (Å²) in [4.78, 5) is 11.3. The highest BCUT2D eigenvalue weighted by atomic mass is 19.3. The first-order valence-electron chi connectivity index (χ1n) is 4.80. The number of esters is 1. The molecule has 0 radical (unpaired) electrons. The van der Waals surface area contributed by atoms with Gasteiger partial charge in [0.05, 0.1) is 5.92 Å². The molecule has 0 N–H and O–H groups in total. The van der Waals surface area contributed by atoms with Crippen LogP contribution >= 0.6 is 0 Å². The minimum atomic E-state index is -2.31. The van der Waals surface area contributed by atoms with Crippen molar-refractivity contribution in [1.29, 1.82) is 0 Å². The molecule has 0 aliphatic heterocycles. The molecule has 0 heterocycles. The van der Waals surface area contributed by atoms with Crippen LogP contribution in [0.5, 0.6) is 0 Å². The number of carbonyl (C=O) groups is 1. The Labute approximate surface area is 82.6 Å². The lowest BCUT2D eigenvalue weighted by molar-refractivity contribution is -0.156. The SMILES string of the molecule is CC(C)(C)OC(=O)[C@@H]1C[C@H]1CC(F)F. The monoisotopic (exact) mass is 206 g/mol. The highest BCUT2D eigenvalue weighted by Crippen LogP contribution is 2.44. The molecule has 1 rings (SSSR count). The van der Waals surface area contributed by atoms with Gasteiger partial charge in [0.25, 0.3) is 0 Å². The van der Waals surface area contributed by atoms with Gasteiger partial charge in [-0.3, -0.25) is 4.79 Å². The fourth-order valence-electron chi connectivity index (χ4n) is 1.40. The normalized spacial score (nSPS) is 26.4. The van der Waals surface area contributed by atoms with Crippen LogP contribution in [0.25, 0.3) is 0 Å². The highest BCUT2D eigenvalue weighted by Gasteiger charge is 2.46. The Kier molecular flexibility index (Phi) is 3.12. The second-order valence-corrected chi connectivity index (χ2v) is 4.76. The molecule has 1 aliphatic rings. The van der Waals surface area contributed by atoms with Gasteiger partial charge in [-0.2, -0.15) is 0 Å². The Morgan fingerprint density at radius 1 is 1.50 bits per heavy atom. The zero-order chi connectivity index (χ0) is 10.9. The van der Waals surface area contributed by atoms with E-state index in [9.17, 15) is 13.6 Å². The topological polar surface area (TPSA) is 26.3 Å². The molecule has 1 aliphatic carbocycles. The van der Waals surface area contributed by atoms with Crippen LogP contribution in [0.4, 0.5) is 8.78 Å². The average Bonchev–Trinajstić information content (AvgIpc) is 2.61. The van der Waals surface area contributed by atoms with E-state index in [1.807, 2.05) is 0 Å². The lowest BCUT2D eigenvalue weighted by Gasteiger charge is -2.19. The van der Waals surface area contributed by atoms with E-state index < -0.39 is 12.0 Å². The van der Waals surface area contributed by atoms with E-state index in [2.05, 4.69) is 0 Å². The molecule has 4 heteroatoms. The molecular formula is C10H16F2O2. The van der Waals surface area contributed by atoms with Crippen LogP contribution in [0, 0.1) is 11.8 Å². The van der Waals surface area contributed by atoms with E-state index in [1.165, 1.54) is 0 Å². The third-order valence-electron chi connectivity index (χ3n) is 2.11. The van der Waals surface area contributed by atoms with Crippen molar-refractivity contribution in [3.8, 4) is 0 Å². The third kappa shape index (κ3) is 3.60. The average molecular weight is 206 g/mol. The Morgan fingerprint density at radius 3 is 2.50 bits per heavy atom. The maximum Gasteiger partial charge on any atom is 0.309 e. The maximum absolute atomic E-state index is 11.9. The minimum absolute atomic E-state index is 0.162. The van der Waals surface area contributed by atoms with Crippen molar-refractivity contribution in [2.75, 3.05) is 0 Å². The van der Waals surface area contributed by atoms with Gasteiger partial charge in [-0.15, -0.1) is 0 Å². The first kappa shape index (κ1) is 11.4. The molecule has 0 bridgehead atoms. The number of hydrogen-bond donors (Lipinski definition) is 0. The number of alkyl halides is 2. The standard InChI is InChI=1S/C10H16F2O2/c1-10(2,3)14-9(13)7-4-6(7)5-8(11)12/h6-8H,4-5H2,1-3H3/t6-,7+/m0/s1. The number of carbonyl (C=O) groups excluding carboxylic acids is 1. The van der Waals surface area contributed by atoms with Crippen molar-refractivity contribution in [3.05, 3.63) is 0 Å². The highest BCUT2D eigenvalue weighted by molar-refractivity contribution is 5.76. The molecular weight excluding hydrogens is 190 g/mol. The Morgan fingerprint density at radius 2 is 2.07 bits per heavy atom. The van der Waals surface area contributed by atoms with Crippen LogP contribution in [0.15, 0.2) is 0 Å². The van der Waals surface area contributed by atoms with Crippen LogP contribution in [-0.2, 0) is 9.53 Å². The van der Waals surface area contributed by atoms with Crippen LogP contribution < -0.4 is 0 Å². The molecule has 14 heavy (non-hydrogen) atoms. The molecule has 2 nitrogen and oxygen atoms in total. The van der Waals surface area contributed by atoms with Gasteiger partial charge in [0.15, 0.2) is 0 Å². The summed E-state index contributed by atoms with van der Waals surface area (Å²) in [6.45, 7) is 5.32. The summed E-state index contributed by atoms with van der Waals surface area (Å²) in [5, 5.41) is 0. The van der Waals surface area contributed by atoms with Gasteiger partial charge in [-0.1, -0.05) is 0 Å². The van der Waals surface area contributed by atoms with Crippen LogP contribution in [0.1, 0.15) is 33.6 Å². The third-order valence-corrected chi connectivity index (χ3v) is 2.11. The molecule has 0 aromatic rings. The summed E-state index contributed by atoms with van der Waals surface area (Å²) in [5.41, 5.74) is -0.519. The Bertz CT molecular complexity index is 221. The summed E-state index contributed by atoms with van der Waals surface area (Å²) >= 11 is 0. The first-order valence-corrected chi connectivity index (χ1v) is 4.80. The molecule has 0 unspecified atom stereocenters. The molecule has 0 amide bonds. The van der Waals surface area contributed by atoms with E-state index in [1.54, 1.807) is 20.8 Å². The second kappa shape index (κ2) is 3.83. The lowest BCUT2D eigenvalue weighted by atomic mass is 10.2. The van der Waals surface area contributed by atoms with Crippen molar-refractivity contribution >= 4 is 5.97 Å². The van der Waals surface area contributed by atoms with E-state index in [0.29, 0.717) is 6.42 Å².